The summed E-state index contributed by atoms with van der Waals surface area (Å²) in [5, 5.41) is 0. The summed E-state index contributed by atoms with van der Waals surface area (Å²) in [5.74, 6) is 0.762. The van der Waals surface area contributed by atoms with Crippen LogP contribution in [0.4, 0.5) is 0 Å². The summed E-state index contributed by atoms with van der Waals surface area (Å²) >= 11 is 0. The molecule has 3 unspecified atom stereocenters. The molecule has 2 aliphatic carbocycles. The maximum Gasteiger partial charge on any atom is 0.307 e. The van der Waals surface area contributed by atoms with Crippen LogP contribution in [0.3, 0.4) is 0 Å². The molecule has 3 rings (SSSR count). The van der Waals surface area contributed by atoms with E-state index in [2.05, 4.69) is 25.7 Å². The van der Waals surface area contributed by atoms with Gasteiger partial charge in [0.1, 0.15) is 6.10 Å². The van der Waals surface area contributed by atoms with E-state index >= 15 is 0 Å². The minimum Gasteiger partial charge on any atom is -0.462 e. The van der Waals surface area contributed by atoms with Crippen LogP contribution < -0.4 is 0 Å². The van der Waals surface area contributed by atoms with Crippen molar-refractivity contribution in [2.45, 2.75) is 71.8 Å². The Balaban J connectivity index is 1.49. The highest BCUT2D eigenvalue weighted by molar-refractivity contribution is 5.70. The van der Waals surface area contributed by atoms with Gasteiger partial charge in [0.05, 0.1) is 6.42 Å². The molecule has 0 radical (unpaired) electrons. The number of esters is 1. The van der Waals surface area contributed by atoms with Crippen molar-refractivity contribution in [3.63, 3.8) is 0 Å². The molecule has 3 heteroatoms. The third-order valence-electron chi connectivity index (χ3n) is 7.07. The second-order valence-corrected chi connectivity index (χ2v) is 8.24. The predicted octanol–water partition coefficient (Wildman–Crippen LogP) is 3.62. The Kier molecular flexibility index (Phi) is 4.06. The number of fused-ring (bicyclic) bond motifs is 2. The number of likely N-dealkylation sites (tertiary alicyclic amines) is 1. The molecule has 0 N–H and O–H groups in total. The Morgan fingerprint density at radius 2 is 1.90 bits per heavy atom. The van der Waals surface area contributed by atoms with E-state index < -0.39 is 0 Å². The molecule has 120 valence electrons. The first-order chi connectivity index (χ1) is 9.93. The number of piperidine rings is 1. The summed E-state index contributed by atoms with van der Waals surface area (Å²) in [5.41, 5.74) is 0.517. The monoisotopic (exact) mass is 293 g/mol. The van der Waals surface area contributed by atoms with E-state index in [4.69, 9.17) is 4.74 Å². The van der Waals surface area contributed by atoms with Crippen molar-refractivity contribution in [2.24, 2.45) is 16.7 Å². The number of ether oxygens (including phenoxy) is 1. The van der Waals surface area contributed by atoms with Crippen LogP contribution in [0.15, 0.2) is 0 Å². The Morgan fingerprint density at radius 3 is 2.48 bits per heavy atom. The fourth-order valence-corrected chi connectivity index (χ4v) is 4.96. The van der Waals surface area contributed by atoms with Crippen molar-refractivity contribution in [3.05, 3.63) is 0 Å². The Bertz CT molecular complexity index is 400. The summed E-state index contributed by atoms with van der Waals surface area (Å²) in [7, 11) is 0. The van der Waals surface area contributed by atoms with Crippen LogP contribution in [-0.4, -0.2) is 36.6 Å². The van der Waals surface area contributed by atoms with Gasteiger partial charge in [0, 0.05) is 12.0 Å². The second kappa shape index (κ2) is 5.57. The normalized spacial score (nSPS) is 38.6. The molecule has 1 heterocycles. The van der Waals surface area contributed by atoms with Crippen molar-refractivity contribution in [3.8, 4) is 0 Å². The van der Waals surface area contributed by atoms with E-state index in [0.29, 0.717) is 11.8 Å². The van der Waals surface area contributed by atoms with Gasteiger partial charge in [0.2, 0.25) is 0 Å². The molecule has 1 saturated heterocycles. The minimum absolute atomic E-state index is 0.0233. The number of rotatable bonds is 4. The van der Waals surface area contributed by atoms with Gasteiger partial charge in [-0.15, -0.1) is 0 Å². The Labute approximate surface area is 129 Å². The smallest absolute Gasteiger partial charge is 0.307 e. The number of nitrogens with zero attached hydrogens (tertiary/aromatic N) is 1. The van der Waals surface area contributed by atoms with E-state index in [1.807, 2.05) is 0 Å². The zero-order valence-corrected chi connectivity index (χ0v) is 14.0. The zero-order chi connectivity index (χ0) is 15.1. The molecular weight excluding hydrogens is 262 g/mol. The SMILES string of the molecule is CC1(C)C2CCC1(C)C(OC(=O)CCN1CCCCC1)C2. The van der Waals surface area contributed by atoms with Gasteiger partial charge < -0.3 is 9.64 Å². The molecule has 3 atom stereocenters. The van der Waals surface area contributed by atoms with Crippen LogP contribution in [0.2, 0.25) is 0 Å². The van der Waals surface area contributed by atoms with Gasteiger partial charge in [-0.3, -0.25) is 4.79 Å². The van der Waals surface area contributed by atoms with E-state index in [0.717, 1.165) is 32.0 Å². The summed E-state index contributed by atoms with van der Waals surface area (Å²) in [6.45, 7) is 10.3. The van der Waals surface area contributed by atoms with Crippen molar-refractivity contribution in [2.75, 3.05) is 19.6 Å². The molecule has 2 saturated carbocycles. The largest absolute Gasteiger partial charge is 0.462 e. The number of carbonyl (C=O) groups excluding carboxylic acids is 1. The van der Waals surface area contributed by atoms with Gasteiger partial charge in [-0.05, 0) is 56.5 Å². The van der Waals surface area contributed by atoms with Crippen LogP contribution in [0, 0.1) is 16.7 Å². The molecule has 3 fully saturated rings. The summed E-state index contributed by atoms with van der Waals surface area (Å²) < 4.78 is 5.91. The first-order valence-corrected chi connectivity index (χ1v) is 8.85. The molecular formula is C18H31NO2. The van der Waals surface area contributed by atoms with E-state index in [1.165, 1.54) is 32.1 Å². The van der Waals surface area contributed by atoms with E-state index in [1.54, 1.807) is 0 Å². The summed E-state index contributed by atoms with van der Waals surface area (Å²) in [6.07, 6.45) is 8.24. The Morgan fingerprint density at radius 1 is 1.19 bits per heavy atom. The zero-order valence-electron chi connectivity index (χ0n) is 14.0. The van der Waals surface area contributed by atoms with Crippen LogP contribution in [0.25, 0.3) is 0 Å². The lowest BCUT2D eigenvalue weighted by Gasteiger charge is -2.38. The third-order valence-corrected chi connectivity index (χ3v) is 7.07. The molecule has 2 bridgehead atoms. The van der Waals surface area contributed by atoms with Gasteiger partial charge in [0.15, 0.2) is 0 Å². The van der Waals surface area contributed by atoms with Crippen molar-refractivity contribution < 1.29 is 9.53 Å². The molecule has 0 spiro atoms. The topological polar surface area (TPSA) is 29.5 Å². The first-order valence-electron chi connectivity index (χ1n) is 8.85. The van der Waals surface area contributed by atoms with Crippen LogP contribution >= 0.6 is 0 Å². The lowest BCUT2D eigenvalue weighted by Crippen LogP contribution is -2.39. The number of carbonyl (C=O) groups is 1. The van der Waals surface area contributed by atoms with Crippen LogP contribution in [-0.2, 0) is 9.53 Å². The fraction of sp³-hybridized carbons (Fsp3) is 0.944. The fourth-order valence-electron chi connectivity index (χ4n) is 4.96. The third kappa shape index (κ3) is 2.62. The molecule has 3 aliphatic rings. The van der Waals surface area contributed by atoms with Gasteiger partial charge in [-0.2, -0.15) is 0 Å². The lowest BCUT2D eigenvalue weighted by atomic mass is 9.70. The highest BCUT2D eigenvalue weighted by atomic mass is 16.5. The summed E-state index contributed by atoms with van der Waals surface area (Å²) in [6, 6.07) is 0. The number of hydrogen-bond donors (Lipinski definition) is 0. The maximum atomic E-state index is 12.2. The minimum atomic E-state index is 0.0233. The Hall–Kier alpha value is -0.570. The predicted molar refractivity (Wildman–Crippen MR) is 84.0 cm³/mol. The highest BCUT2D eigenvalue weighted by Crippen LogP contribution is 2.66. The average molecular weight is 293 g/mol. The molecule has 0 aromatic rings. The maximum absolute atomic E-state index is 12.2. The van der Waals surface area contributed by atoms with Crippen molar-refractivity contribution >= 4 is 5.97 Å². The van der Waals surface area contributed by atoms with Crippen LogP contribution in [0.1, 0.15) is 65.7 Å². The molecule has 21 heavy (non-hydrogen) atoms. The quantitative estimate of drug-likeness (QED) is 0.741. The standard InChI is InChI=1S/C18H31NO2/c1-17(2)14-7-9-18(17,3)15(13-14)21-16(20)8-12-19-10-5-4-6-11-19/h14-15H,4-13H2,1-3H3. The first kappa shape index (κ1) is 15.3. The van der Waals surface area contributed by atoms with Gasteiger partial charge in [-0.25, -0.2) is 0 Å². The van der Waals surface area contributed by atoms with E-state index in [9.17, 15) is 4.79 Å². The summed E-state index contributed by atoms with van der Waals surface area (Å²) in [4.78, 5) is 14.6. The molecule has 0 aromatic carbocycles. The molecule has 1 aliphatic heterocycles. The van der Waals surface area contributed by atoms with Crippen molar-refractivity contribution in [1.29, 1.82) is 0 Å². The second-order valence-electron chi connectivity index (χ2n) is 8.24. The highest BCUT2D eigenvalue weighted by Gasteiger charge is 2.62. The van der Waals surface area contributed by atoms with Gasteiger partial charge in [-0.1, -0.05) is 27.2 Å². The van der Waals surface area contributed by atoms with Gasteiger partial charge in [0.25, 0.3) is 0 Å². The van der Waals surface area contributed by atoms with Crippen molar-refractivity contribution in [1.82, 2.24) is 4.90 Å². The lowest BCUT2D eigenvalue weighted by molar-refractivity contribution is -0.157. The van der Waals surface area contributed by atoms with Gasteiger partial charge >= 0.3 is 5.97 Å². The van der Waals surface area contributed by atoms with E-state index in [-0.39, 0.29) is 17.5 Å². The average Bonchev–Trinajstić information content (AvgIpc) is 2.79. The molecule has 3 nitrogen and oxygen atoms in total. The molecule has 0 amide bonds. The number of hydrogen-bond acceptors (Lipinski definition) is 3. The molecule has 0 aromatic heterocycles. The van der Waals surface area contributed by atoms with Crippen LogP contribution in [0.5, 0.6) is 0 Å².